The lowest BCUT2D eigenvalue weighted by Gasteiger charge is -2.14. The largest absolute Gasteiger partial charge is 0.336 e. The van der Waals surface area contributed by atoms with Gasteiger partial charge in [0.15, 0.2) is 0 Å². The first kappa shape index (κ1) is 13.2. The number of amides is 1. The van der Waals surface area contributed by atoms with Crippen LogP contribution >= 0.6 is 0 Å². The van der Waals surface area contributed by atoms with E-state index in [2.05, 4.69) is 41.8 Å². The molecular weight excluding hydrogens is 250 g/mol. The Bertz CT molecular complexity index is 657. The first-order valence-electron chi connectivity index (χ1n) is 7.10. The van der Waals surface area contributed by atoms with E-state index in [1.165, 1.54) is 16.5 Å². The fourth-order valence-corrected chi connectivity index (χ4v) is 3.05. The van der Waals surface area contributed by atoms with Gasteiger partial charge in [-0.15, -0.1) is 0 Å². The van der Waals surface area contributed by atoms with Crippen LogP contribution in [0.25, 0.3) is 10.9 Å². The second-order valence-electron chi connectivity index (χ2n) is 5.81. The molecule has 0 radical (unpaired) electrons. The third-order valence-corrected chi connectivity index (χ3v) is 4.01. The Kier molecular flexibility index (Phi) is 3.26. The zero-order valence-electron chi connectivity index (χ0n) is 12.4. The van der Waals surface area contributed by atoms with Gasteiger partial charge in [0.1, 0.15) is 5.69 Å². The fourth-order valence-electron chi connectivity index (χ4n) is 3.05. The molecule has 20 heavy (non-hydrogen) atoms. The predicted molar refractivity (Wildman–Crippen MR) is 80.9 cm³/mol. The minimum atomic E-state index is 0.154. The Balaban J connectivity index is 2.04. The Hall–Kier alpha value is -1.81. The van der Waals surface area contributed by atoms with Crippen LogP contribution in [0.4, 0.5) is 0 Å². The smallest absolute Gasteiger partial charge is 0.270 e. The molecule has 1 aromatic heterocycles. The summed E-state index contributed by atoms with van der Waals surface area (Å²) < 4.78 is 2.21. The molecule has 0 spiro atoms. The van der Waals surface area contributed by atoms with Crippen LogP contribution in [0, 0.1) is 0 Å². The predicted octanol–water partition coefficient (Wildman–Crippen LogP) is 2.18. The topological polar surface area (TPSA) is 28.5 Å². The van der Waals surface area contributed by atoms with Crippen LogP contribution in [0.5, 0.6) is 0 Å². The van der Waals surface area contributed by atoms with Crippen LogP contribution in [0.15, 0.2) is 24.3 Å². The minimum absolute atomic E-state index is 0.154. The second-order valence-corrected chi connectivity index (χ2v) is 5.81. The highest BCUT2D eigenvalue weighted by atomic mass is 16.2. The lowest BCUT2D eigenvalue weighted by atomic mass is 10.1. The number of nitrogens with zero attached hydrogens (tertiary/aromatic N) is 3. The maximum atomic E-state index is 12.4. The summed E-state index contributed by atoms with van der Waals surface area (Å²) in [5, 5.41) is 1.23. The van der Waals surface area contributed by atoms with Crippen LogP contribution in [-0.2, 0) is 13.1 Å². The molecule has 4 heteroatoms. The monoisotopic (exact) mass is 271 g/mol. The number of aryl methyl sites for hydroxylation is 1. The Morgan fingerprint density at radius 2 is 2.00 bits per heavy atom. The number of rotatable bonds is 4. The van der Waals surface area contributed by atoms with E-state index < -0.39 is 0 Å². The van der Waals surface area contributed by atoms with Crippen molar-refractivity contribution < 1.29 is 4.79 Å². The minimum Gasteiger partial charge on any atom is -0.336 e. The van der Waals surface area contributed by atoms with Crippen molar-refractivity contribution in [3.8, 4) is 0 Å². The summed E-state index contributed by atoms with van der Waals surface area (Å²) in [5.41, 5.74) is 3.28. The highest BCUT2D eigenvalue weighted by molar-refractivity contribution is 6.04. The van der Waals surface area contributed by atoms with Crippen LogP contribution in [-0.4, -0.2) is 48.0 Å². The zero-order valence-corrected chi connectivity index (χ0v) is 12.4. The van der Waals surface area contributed by atoms with Gasteiger partial charge in [0.25, 0.3) is 5.91 Å². The first-order valence-corrected chi connectivity index (χ1v) is 7.10. The number of fused-ring (bicyclic) bond motifs is 3. The van der Waals surface area contributed by atoms with E-state index in [0.717, 1.165) is 31.7 Å². The molecule has 106 valence electrons. The molecule has 1 aliphatic rings. The molecule has 3 rings (SSSR count). The highest BCUT2D eigenvalue weighted by Crippen LogP contribution is 2.32. The Morgan fingerprint density at radius 1 is 1.25 bits per heavy atom. The van der Waals surface area contributed by atoms with Crippen molar-refractivity contribution >= 4 is 16.8 Å². The molecular formula is C16H21N3O. The summed E-state index contributed by atoms with van der Waals surface area (Å²) in [5.74, 6) is 0.154. The van der Waals surface area contributed by atoms with Crippen LogP contribution in [0.1, 0.15) is 22.5 Å². The quantitative estimate of drug-likeness (QED) is 0.852. The molecule has 0 saturated heterocycles. The average molecular weight is 271 g/mol. The lowest BCUT2D eigenvalue weighted by Crippen LogP contribution is -2.22. The van der Waals surface area contributed by atoms with Crippen molar-refractivity contribution in [2.45, 2.75) is 19.5 Å². The van der Waals surface area contributed by atoms with Gasteiger partial charge in [-0.3, -0.25) is 4.79 Å². The summed E-state index contributed by atoms with van der Waals surface area (Å²) in [6.07, 6.45) is 1.05. The Morgan fingerprint density at radius 3 is 2.75 bits per heavy atom. The van der Waals surface area contributed by atoms with E-state index in [1.807, 2.05) is 13.1 Å². The summed E-state index contributed by atoms with van der Waals surface area (Å²) in [4.78, 5) is 16.4. The number of aromatic nitrogens is 1. The molecule has 1 aromatic carbocycles. The number of carbonyl (C=O) groups is 1. The maximum Gasteiger partial charge on any atom is 0.270 e. The van der Waals surface area contributed by atoms with E-state index >= 15 is 0 Å². The number of benzene rings is 1. The van der Waals surface area contributed by atoms with Crippen molar-refractivity contribution in [3.05, 3.63) is 35.5 Å². The molecule has 2 aromatic rings. The second kappa shape index (κ2) is 4.94. The molecule has 2 heterocycles. The van der Waals surface area contributed by atoms with Crippen molar-refractivity contribution in [3.63, 3.8) is 0 Å². The van der Waals surface area contributed by atoms with Crippen LogP contribution < -0.4 is 0 Å². The number of para-hydroxylation sites is 1. The van der Waals surface area contributed by atoms with E-state index in [9.17, 15) is 4.79 Å². The lowest BCUT2D eigenvalue weighted by molar-refractivity contribution is 0.0807. The van der Waals surface area contributed by atoms with Gasteiger partial charge in [-0.05, 0) is 33.1 Å². The third-order valence-electron chi connectivity index (χ3n) is 4.01. The van der Waals surface area contributed by atoms with Crippen molar-refractivity contribution in [2.24, 2.45) is 0 Å². The van der Waals surface area contributed by atoms with E-state index in [0.29, 0.717) is 0 Å². The maximum absolute atomic E-state index is 12.4. The van der Waals surface area contributed by atoms with E-state index in [1.54, 1.807) is 4.90 Å². The van der Waals surface area contributed by atoms with Crippen molar-refractivity contribution in [1.29, 1.82) is 0 Å². The van der Waals surface area contributed by atoms with E-state index in [4.69, 9.17) is 0 Å². The summed E-state index contributed by atoms with van der Waals surface area (Å²) in [6, 6.07) is 8.35. The molecule has 4 nitrogen and oxygen atoms in total. The number of carbonyl (C=O) groups excluding carboxylic acids is 1. The molecule has 1 aliphatic heterocycles. The first-order chi connectivity index (χ1) is 9.59. The van der Waals surface area contributed by atoms with Gasteiger partial charge in [-0.1, -0.05) is 18.2 Å². The SMILES string of the molecule is CN(C)CCCn1c2c(c3ccccc31)CN(C)C2=O. The molecule has 0 unspecified atom stereocenters. The molecule has 0 bridgehead atoms. The third kappa shape index (κ3) is 2.00. The number of hydrogen-bond donors (Lipinski definition) is 0. The van der Waals surface area contributed by atoms with Crippen LogP contribution in [0.2, 0.25) is 0 Å². The highest BCUT2D eigenvalue weighted by Gasteiger charge is 2.31. The van der Waals surface area contributed by atoms with Gasteiger partial charge in [-0.2, -0.15) is 0 Å². The molecule has 0 aliphatic carbocycles. The zero-order chi connectivity index (χ0) is 14.3. The average Bonchev–Trinajstić information content (AvgIpc) is 2.87. The molecule has 0 fully saturated rings. The summed E-state index contributed by atoms with van der Waals surface area (Å²) in [7, 11) is 6.04. The van der Waals surface area contributed by atoms with Crippen molar-refractivity contribution in [2.75, 3.05) is 27.7 Å². The molecule has 0 atom stereocenters. The number of hydrogen-bond acceptors (Lipinski definition) is 2. The van der Waals surface area contributed by atoms with Gasteiger partial charge >= 0.3 is 0 Å². The normalized spacial score (nSPS) is 14.6. The van der Waals surface area contributed by atoms with Gasteiger partial charge < -0.3 is 14.4 Å². The van der Waals surface area contributed by atoms with E-state index in [-0.39, 0.29) is 5.91 Å². The molecule has 0 saturated carbocycles. The summed E-state index contributed by atoms with van der Waals surface area (Å²) >= 11 is 0. The summed E-state index contributed by atoms with van der Waals surface area (Å²) in [6.45, 7) is 2.66. The van der Waals surface area contributed by atoms with Crippen molar-refractivity contribution in [1.82, 2.24) is 14.4 Å². The van der Waals surface area contributed by atoms with Crippen LogP contribution in [0.3, 0.4) is 0 Å². The van der Waals surface area contributed by atoms with Gasteiger partial charge in [0.05, 0.1) is 0 Å². The fraction of sp³-hybridized carbons (Fsp3) is 0.438. The van der Waals surface area contributed by atoms with Gasteiger partial charge in [0.2, 0.25) is 0 Å². The van der Waals surface area contributed by atoms with Gasteiger partial charge in [-0.25, -0.2) is 0 Å². The van der Waals surface area contributed by atoms with Gasteiger partial charge in [0, 0.05) is 36.6 Å². The Labute approximate surface area is 119 Å². The standard InChI is InChI=1S/C16H21N3O/c1-17(2)9-6-10-19-14-8-5-4-7-12(14)13-11-18(3)16(20)15(13)19/h4-5,7-8H,6,9-11H2,1-3H3. The molecule has 0 N–H and O–H groups in total. The molecule has 1 amide bonds.